The highest BCUT2D eigenvalue weighted by Gasteiger charge is 2.66. The summed E-state index contributed by atoms with van der Waals surface area (Å²) in [6.45, 7) is 0. The van der Waals surface area contributed by atoms with E-state index in [2.05, 4.69) is 21.2 Å². The quantitative estimate of drug-likeness (QED) is 0.580. The minimum Gasteiger partial charge on any atom is -0.363 e. The molecule has 148 valence electrons. The van der Waals surface area contributed by atoms with Crippen LogP contribution in [0, 0.1) is 5.92 Å². The van der Waals surface area contributed by atoms with Gasteiger partial charge in [0.1, 0.15) is 5.92 Å². The standard InChI is InChI=1S/C18H13BrClF3N2O3/c19-11-5-1-9(2-6-11)14-13(15(26)10-3-7-12(20)8-4-10)17(28,18(21,22)23)25-16(27)24-14/h1-8,13-14,28H,(H2,24,25,27)/t13-,14+,17+/m0/s1. The van der Waals surface area contributed by atoms with Gasteiger partial charge in [-0.15, -0.1) is 0 Å². The van der Waals surface area contributed by atoms with Crippen LogP contribution in [0.15, 0.2) is 53.0 Å². The molecule has 1 aliphatic heterocycles. The van der Waals surface area contributed by atoms with Crippen LogP contribution in [-0.2, 0) is 0 Å². The number of carbonyl (C=O) groups excluding carboxylic acids is 2. The van der Waals surface area contributed by atoms with Gasteiger partial charge in [0.15, 0.2) is 5.78 Å². The fourth-order valence-corrected chi connectivity index (χ4v) is 3.47. The lowest BCUT2D eigenvalue weighted by atomic mass is 9.77. The number of hydrogen-bond acceptors (Lipinski definition) is 3. The van der Waals surface area contributed by atoms with E-state index >= 15 is 0 Å². The van der Waals surface area contributed by atoms with Gasteiger partial charge in [-0.05, 0) is 42.0 Å². The minimum absolute atomic E-state index is 0.0860. The normalized spacial score (nSPS) is 25.0. The molecule has 0 bridgehead atoms. The lowest BCUT2D eigenvalue weighted by Gasteiger charge is -2.45. The van der Waals surface area contributed by atoms with E-state index in [9.17, 15) is 27.9 Å². The predicted octanol–water partition coefficient (Wildman–Crippen LogP) is 4.21. The second-order valence-electron chi connectivity index (χ2n) is 6.24. The summed E-state index contributed by atoms with van der Waals surface area (Å²) in [4.78, 5) is 24.9. The SMILES string of the molecule is O=C1N[C@H](c2ccc(Br)cc2)[C@@H](C(=O)c2ccc(Cl)cc2)[C@@](O)(C(F)(F)F)N1. The Morgan fingerprint density at radius 2 is 1.68 bits per heavy atom. The van der Waals surface area contributed by atoms with Crippen LogP contribution in [0.3, 0.4) is 0 Å². The third-order valence-corrected chi connectivity index (χ3v) is 5.23. The van der Waals surface area contributed by atoms with Crippen molar-refractivity contribution < 1.29 is 27.9 Å². The molecular weight excluding hydrogens is 465 g/mol. The Morgan fingerprint density at radius 3 is 2.21 bits per heavy atom. The lowest BCUT2D eigenvalue weighted by molar-refractivity contribution is -0.287. The maximum Gasteiger partial charge on any atom is 0.437 e. The highest BCUT2D eigenvalue weighted by molar-refractivity contribution is 9.10. The molecule has 0 spiro atoms. The zero-order chi connectivity index (χ0) is 20.7. The van der Waals surface area contributed by atoms with E-state index in [1.54, 1.807) is 12.1 Å². The van der Waals surface area contributed by atoms with Crippen LogP contribution < -0.4 is 10.6 Å². The van der Waals surface area contributed by atoms with Crippen molar-refractivity contribution in [2.45, 2.75) is 17.9 Å². The third-order valence-electron chi connectivity index (χ3n) is 4.45. The van der Waals surface area contributed by atoms with Gasteiger partial charge in [0.2, 0.25) is 5.72 Å². The molecule has 28 heavy (non-hydrogen) atoms. The van der Waals surface area contributed by atoms with Crippen molar-refractivity contribution in [1.82, 2.24) is 10.6 Å². The predicted molar refractivity (Wildman–Crippen MR) is 98.8 cm³/mol. The Hall–Kier alpha value is -2.10. The van der Waals surface area contributed by atoms with Gasteiger partial charge in [0, 0.05) is 15.1 Å². The number of carbonyl (C=O) groups is 2. The number of rotatable bonds is 3. The van der Waals surface area contributed by atoms with E-state index < -0.39 is 35.7 Å². The smallest absolute Gasteiger partial charge is 0.363 e. The number of aliphatic hydroxyl groups is 1. The van der Waals surface area contributed by atoms with Gasteiger partial charge in [-0.2, -0.15) is 13.2 Å². The van der Waals surface area contributed by atoms with Gasteiger partial charge >= 0.3 is 12.2 Å². The van der Waals surface area contributed by atoms with Crippen LogP contribution in [-0.4, -0.2) is 28.8 Å². The van der Waals surface area contributed by atoms with Crippen molar-refractivity contribution in [1.29, 1.82) is 0 Å². The third kappa shape index (κ3) is 3.74. The van der Waals surface area contributed by atoms with E-state index in [1.165, 1.54) is 41.7 Å². The number of hydrogen-bond donors (Lipinski definition) is 3. The Bertz CT molecular complexity index is 906. The zero-order valence-corrected chi connectivity index (χ0v) is 16.3. The summed E-state index contributed by atoms with van der Waals surface area (Å²) in [6.07, 6.45) is -5.30. The molecule has 3 atom stereocenters. The van der Waals surface area contributed by atoms with Crippen LogP contribution in [0.1, 0.15) is 22.0 Å². The molecule has 3 N–H and O–H groups in total. The summed E-state index contributed by atoms with van der Waals surface area (Å²) in [5.41, 5.74) is -3.62. The summed E-state index contributed by atoms with van der Waals surface area (Å²) in [5, 5.41) is 14.6. The fraction of sp³-hybridized carbons (Fsp3) is 0.222. The lowest BCUT2D eigenvalue weighted by Crippen LogP contribution is -2.72. The fourth-order valence-electron chi connectivity index (χ4n) is 3.08. The largest absolute Gasteiger partial charge is 0.437 e. The summed E-state index contributed by atoms with van der Waals surface area (Å²) in [6, 6.07) is 8.59. The zero-order valence-electron chi connectivity index (χ0n) is 13.9. The van der Waals surface area contributed by atoms with E-state index in [0.29, 0.717) is 9.50 Å². The first-order valence-electron chi connectivity index (χ1n) is 7.96. The molecular formula is C18H13BrClF3N2O3. The van der Waals surface area contributed by atoms with Crippen LogP contribution >= 0.6 is 27.5 Å². The van der Waals surface area contributed by atoms with Crippen molar-refractivity contribution >= 4 is 39.3 Å². The first kappa shape index (κ1) is 20.6. The van der Waals surface area contributed by atoms with E-state index in [1.807, 2.05) is 0 Å². The second kappa shape index (κ2) is 7.38. The molecule has 0 unspecified atom stereocenters. The number of ketones is 1. The molecule has 2 aromatic carbocycles. The topological polar surface area (TPSA) is 78.4 Å². The monoisotopic (exact) mass is 476 g/mol. The van der Waals surface area contributed by atoms with Crippen molar-refractivity contribution in [2.24, 2.45) is 5.92 Å². The van der Waals surface area contributed by atoms with Crippen molar-refractivity contribution in [3.05, 3.63) is 69.2 Å². The molecule has 2 aromatic rings. The van der Waals surface area contributed by atoms with Crippen molar-refractivity contribution in [3.63, 3.8) is 0 Å². The Labute approximate surface area is 171 Å². The van der Waals surface area contributed by atoms with Gasteiger partial charge in [-0.1, -0.05) is 39.7 Å². The number of halogens is 5. The van der Waals surface area contributed by atoms with E-state index in [-0.39, 0.29) is 11.1 Å². The Morgan fingerprint density at radius 1 is 1.11 bits per heavy atom. The minimum atomic E-state index is -5.30. The number of alkyl halides is 3. The molecule has 0 aliphatic carbocycles. The first-order valence-corrected chi connectivity index (χ1v) is 9.13. The van der Waals surface area contributed by atoms with Crippen LogP contribution in [0.25, 0.3) is 0 Å². The highest BCUT2D eigenvalue weighted by atomic mass is 79.9. The molecule has 1 heterocycles. The van der Waals surface area contributed by atoms with Crippen molar-refractivity contribution in [2.75, 3.05) is 0 Å². The molecule has 5 nitrogen and oxygen atoms in total. The van der Waals surface area contributed by atoms with Crippen LogP contribution in [0.5, 0.6) is 0 Å². The number of urea groups is 1. The molecule has 0 saturated carbocycles. The average Bonchev–Trinajstić information content (AvgIpc) is 2.61. The molecule has 0 aromatic heterocycles. The van der Waals surface area contributed by atoms with Crippen molar-refractivity contribution in [3.8, 4) is 0 Å². The highest BCUT2D eigenvalue weighted by Crippen LogP contribution is 2.44. The molecule has 0 radical (unpaired) electrons. The number of Topliss-reactive ketones (excluding diaryl/α,β-unsaturated/α-hetero) is 1. The van der Waals surface area contributed by atoms with Gasteiger partial charge in [-0.25, -0.2) is 4.79 Å². The number of benzene rings is 2. The van der Waals surface area contributed by atoms with Crippen LogP contribution in [0.4, 0.5) is 18.0 Å². The number of nitrogens with one attached hydrogen (secondary N) is 2. The van der Waals surface area contributed by atoms with E-state index in [0.717, 1.165) is 0 Å². The maximum atomic E-state index is 13.8. The second-order valence-corrected chi connectivity index (χ2v) is 7.59. The molecule has 1 saturated heterocycles. The van der Waals surface area contributed by atoms with Gasteiger partial charge in [0.05, 0.1) is 6.04 Å². The summed E-state index contributed by atoms with van der Waals surface area (Å²) in [5.74, 6) is -3.08. The molecule has 1 aliphatic rings. The average molecular weight is 478 g/mol. The first-order chi connectivity index (χ1) is 13.0. The number of amides is 2. The molecule has 3 rings (SSSR count). The Kier molecular flexibility index (Phi) is 5.44. The summed E-state index contributed by atoms with van der Waals surface area (Å²) < 4.78 is 42.0. The van der Waals surface area contributed by atoms with Crippen LogP contribution in [0.2, 0.25) is 5.02 Å². The molecule has 1 fully saturated rings. The molecule has 2 amide bonds. The van der Waals surface area contributed by atoms with E-state index in [4.69, 9.17) is 11.6 Å². The molecule has 10 heteroatoms. The maximum absolute atomic E-state index is 13.8. The Balaban J connectivity index is 2.15. The van der Waals surface area contributed by atoms with Gasteiger partial charge < -0.3 is 15.7 Å². The summed E-state index contributed by atoms with van der Waals surface area (Å²) >= 11 is 8.99. The van der Waals surface area contributed by atoms with Gasteiger partial charge in [-0.3, -0.25) is 4.79 Å². The summed E-state index contributed by atoms with van der Waals surface area (Å²) in [7, 11) is 0. The van der Waals surface area contributed by atoms with Gasteiger partial charge in [0.25, 0.3) is 0 Å².